The van der Waals surface area contributed by atoms with Crippen molar-refractivity contribution in [3.63, 3.8) is 0 Å². The molecule has 0 spiro atoms. The molecule has 2 aromatic rings. The monoisotopic (exact) mass is 324 g/mol. The fourth-order valence-corrected chi connectivity index (χ4v) is 2.96. The van der Waals surface area contributed by atoms with Gasteiger partial charge in [-0.2, -0.15) is 0 Å². The van der Waals surface area contributed by atoms with Gasteiger partial charge in [-0.15, -0.1) is 11.3 Å². The zero-order valence-corrected chi connectivity index (χ0v) is 13.7. The number of nitrogens with zero attached hydrogens (tertiary/aromatic N) is 1. The number of rotatable bonds is 7. The first kappa shape index (κ1) is 16.5. The van der Waals surface area contributed by atoms with E-state index in [9.17, 15) is 9.59 Å². The quantitative estimate of drug-likeness (QED) is 0.625. The van der Waals surface area contributed by atoms with E-state index >= 15 is 0 Å². The van der Waals surface area contributed by atoms with Crippen LogP contribution in [0.2, 0.25) is 0 Å². The summed E-state index contributed by atoms with van der Waals surface area (Å²) in [5.74, 6) is -0.579. The Morgan fingerprint density at radius 1 is 1.41 bits per heavy atom. The van der Waals surface area contributed by atoms with Gasteiger partial charge in [-0.1, -0.05) is 0 Å². The van der Waals surface area contributed by atoms with Crippen LogP contribution in [0, 0.1) is 0 Å². The number of thiophene rings is 1. The molecule has 1 N–H and O–H groups in total. The Bertz CT molecular complexity index is 660. The first-order valence-corrected chi connectivity index (χ1v) is 7.94. The average molecular weight is 324 g/mol. The van der Waals surface area contributed by atoms with E-state index in [2.05, 4.69) is 5.32 Å². The molecule has 2 aromatic heterocycles. The zero-order valence-electron chi connectivity index (χ0n) is 12.9. The maximum Gasteiger partial charge on any atom is 0.355 e. The maximum atomic E-state index is 12.2. The van der Waals surface area contributed by atoms with Crippen molar-refractivity contribution in [2.24, 2.45) is 0 Å². The van der Waals surface area contributed by atoms with Gasteiger partial charge in [0.15, 0.2) is 0 Å². The smallest absolute Gasteiger partial charge is 0.355 e. The lowest BCUT2D eigenvalue weighted by molar-refractivity contribution is -0.121. The first-order valence-electron chi connectivity index (χ1n) is 7.06. The van der Waals surface area contributed by atoms with E-state index < -0.39 is 5.97 Å². The molecule has 6 nitrogen and oxygen atoms in total. The summed E-state index contributed by atoms with van der Waals surface area (Å²) in [5.41, 5.74) is 0.400. The summed E-state index contributed by atoms with van der Waals surface area (Å²) in [6, 6.07) is 3.68. The number of nitrogens with one attached hydrogen (secondary N) is 1. The van der Waals surface area contributed by atoms with Gasteiger partial charge in [0, 0.05) is 19.0 Å². The van der Waals surface area contributed by atoms with E-state index in [0.717, 1.165) is 10.2 Å². The second-order valence-electron chi connectivity index (χ2n) is 5.09. The number of carbonyl (C=O) groups excluding carboxylic acids is 2. The number of amides is 1. The van der Waals surface area contributed by atoms with Crippen molar-refractivity contribution in [1.29, 1.82) is 0 Å². The summed E-state index contributed by atoms with van der Waals surface area (Å²) >= 11 is 1.49. The minimum Gasteiger partial charge on any atom is -0.458 e. The maximum absolute atomic E-state index is 12.2. The van der Waals surface area contributed by atoms with Crippen LogP contribution >= 0.6 is 11.3 Å². The molecule has 0 atom stereocenters. The second kappa shape index (κ2) is 7.42. The molecule has 0 aliphatic heterocycles. The van der Waals surface area contributed by atoms with Crippen LogP contribution in [0.4, 0.5) is 0 Å². The van der Waals surface area contributed by atoms with Crippen molar-refractivity contribution < 1.29 is 19.1 Å². The molecular formula is C15H20N2O4S. The van der Waals surface area contributed by atoms with Crippen LogP contribution in [-0.2, 0) is 20.8 Å². The minimum atomic E-state index is -0.414. The number of ether oxygens (including phenoxy) is 2. The van der Waals surface area contributed by atoms with Crippen LogP contribution in [-0.4, -0.2) is 42.8 Å². The molecule has 0 unspecified atom stereocenters. The summed E-state index contributed by atoms with van der Waals surface area (Å²) in [5, 5.41) is 5.62. The number of aromatic nitrogens is 1. The fourth-order valence-electron chi connectivity index (χ4n) is 2.07. The number of fused-ring (bicyclic) bond motifs is 1. The lowest BCUT2D eigenvalue weighted by atomic mass is 10.3. The van der Waals surface area contributed by atoms with Crippen LogP contribution in [0.5, 0.6) is 0 Å². The molecule has 0 aliphatic carbocycles. The normalized spacial score (nSPS) is 11.1. The Balaban J connectivity index is 2.20. The van der Waals surface area contributed by atoms with Crippen LogP contribution < -0.4 is 5.32 Å². The molecule has 0 aromatic carbocycles. The second-order valence-corrected chi connectivity index (χ2v) is 5.99. The summed E-state index contributed by atoms with van der Waals surface area (Å²) in [7, 11) is 1.58. The van der Waals surface area contributed by atoms with Crippen molar-refractivity contribution in [2.45, 2.75) is 26.5 Å². The first-order chi connectivity index (χ1) is 10.5. The molecule has 120 valence electrons. The zero-order chi connectivity index (χ0) is 16.1. The standard InChI is InChI=1S/C15H20N2O4S/c1-10(2)21-15(19)12-8-11-4-7-22-14(11)17(12)9-13(18)16-5-6-20-3/h4,7-8,10H,5-6,9H2,1-3H3,(H,16,18). The predicted octanol–water partition coefficient (Wildman–Crippen LogP) is 2.03. The third-order valence-corrected chi connectivity index (χ3v) is 3.94. The van der Waals surface area contributed by atoms with Gasteiger partial charge in [0.25, 0.3) is 0 Å². The Morgan fingerprint density at radius 2 is 2.18 bits per heavy atom. The third-order valence-electron chi connectivity index (χ3n) is 2.98. The van der Waals surface area contributed by atoms with Gasteiger partial charge in [-0.3, -0.25) is 4.79 Å². The van der Waals surface area contributed by atoms with Gasteiger partial charge in [0.2, 0.25) is 5.91 Å². The van der Waals surface area contributed by atoms with E-state index in [1.54, 1.807) is 31.6 Å². The fraction of sp³-hybridized carbons (Fsp3) is 0.467. The van der Waals surface area contributed by atoms with Crippen molar-refractivity contribution in [2.75, 3.05) is 20.3 Å². The minimum absolute atomic E-state index is 0.0796. The predicted molar refractivity (Wildman–Crippen MR) is 85.3 cm³/mol. The Kier molecular flexibility index (Phi) is 5.57. The number of hydrogen-bond acceptors (Lipinski definition) is 5. The van der Waals surface area contributed by atoms with Gasteiger partial charge < -0.3 is 19.4 Å². The van der Waals surface area contributed by atoms with Crippen LogP contribution in [0.25, 0.3) is 10.2 Å². The van der Waals surface area contributed by atoms with Gasteiger partial charge in [0.05, 0.1) is 12.7 Å². The van der Waals surface area contributed by atoms with E-state index in [-0.39, 0.29) is 18.6 Å². The summed E-state index contributed by atoms with van der Waals surface area (Å²) in [6.45, 7) is 4.57. The van der Waals surface area contributed by atoms with Crippen LogP contribution in [0.3, 0.4) is 0 Å². The van der Waals surface area contributed by atoms with Crippen LogP contribution in [0.15, 0.2) is 17.5 Å². The van der Waals surface area contributed by atoms with Crippen molar-refractivity contribution in [3.8, 4) is 0 Å². The Hall–Kier alpha value is -1.86. The summed E-state index contributed by atoms with van der Waals surface area (Å²) in [4.78, 5) is 25.1. The number of esters is 1. The number of hydrogen-bond donors (Lipinski definition) is 1. The lowest BCUT2D eigenvalue weighted by Crippen LogP contribution is -2.31. The van der Waals surface area contributed by atoms with Crippen molar-refractivity contribution in [1.82, 2.24) is 9.88 Å². The van der Waals surface area contributed by atoms with Gasteiger partial charge >= 0.3 is 5.97 Å². The van der Waals surface area contributed by atoms with Gasteiger partial charge in [-0.25, -0.2) is 4.79 Å². The van der Waals surface area contributed by atoms with E-state index in [1.807, 2.05) is 11.4 Å². The number of carbonyl (C=O) groups is 2. The third kappa shape index (κ3) is 3.86. The Labute approximate surface area is 133 Å². The van der Waals surface area contributed by atoms with E-state index in [0.29, 0.717) is 18.8 Å². The highest BCUT2D eigenvalue weighted by atomic mass is 32.1. The average Bonchev–Trinajstić information content (AvgIpc) is 3.01. The van der Waals surface area contributed by atoms with Gasteiger partial charge in [-0.05, 0) is 31.4 Å². The molecule has 0 bridgehead atoms. The molecule has 0 saturated carbocycles. The topological polar surface area (TPSA) is 69.6 Å². The molecule has 22 heavy (non-hydrogen) atoms. The van der Waals surface area contributed by atoms with E-state index in [1.165, 1.54) is 11.3 Å². The molecule has 1 amide bonds. The highest BCUT2D eigenvalue weighted by Crippen LogP contribution is 2.26. The molecule has 0 radical (unpaired) electrons. The van der Waals surface area contributed by atoms with E-state index in [4.69, 9.17) is 9.47 Å². The Morgan fingerprint density at radius 3 is 2.86 bits per heavy atom. The highest BCUT2D eigenvalue weighted by Gasteiger charge is 2.20. The molecule has 2 rings (SSSR count). The van der Waals surface area contributed by atoms with Gasteiger partial charge in [0.1, 0.15) is 17.1 Å². The van der Waals surface area contributed by atoms with Crippen LogP contribution in [0.1, 0.15) is 24.3 Å². The lowest BCUT2D eigenvalue weighted by Gasteiger charge is -2.12. The van der Waals surface area contributed by atoms with Crippen molar-refractivity contribution in [3.05, 3.63) is 23.2 Å². The molecule has 0 saturated heterocycles. The molecule has 0 fully saturated rings. The molecule has 2 heterocycles. The number of methoxy groups -OCH3 is 1. The largest absolute Gasteiger partial charge is 0.458 e. The molecule has 7 heteroatoms. The summed E-state index contributed by atoms with van der Waals surface area (Å²) in [6.07, 6.45) is -0.204. The SMILES string of the molecule is COCCNC(=O)Cn1c(C(=O)OC(C)C)cc2ccsc21. The molecule has 0 aliphatic rings. The summed E-state index contributed by atoms with van der Waals surface area (Å²) < 4.78 is 11.8. The van der Waals surface area contributed by atoms with Crippen molar-refractivity contribution >= 4 is 33.4 Å². The highest BCUT2D eigenvalue weighted by molar-refractivity contribution is 7.16. The molecular weight excluding hydrogens is 304 g/mol.